The summed E-state index contributed by atoms with van der Waals surface area (Å²) in [6.45, 7) is 4.82. The lowest BCUT2D eigenvalue weighted by molar-refractivity contribution is 0.176. The van der Waals surface area contributed by atoms with Gasteiger partial charge in [0.1, 0.15) is 5.75 Å². The molecule has 2 aliphatic rings. The molecule has 21 heavy (non-hydrogen) atoms. The van der Waals surface area contributed by atoms with E-state index in [2.05, 4.69) is 43.4 Å². The number of benzene rings is 1. The van der Waals surface area contributed by atoms with Crippen molar-refractivity contribution in [3.8, 4) is 5.75 Å². The first kappa shape index (κ1) is 14.9. The Morgan fingerprint density at radius 2 is 1.71 bits per heavy atom. The summed E-state index contributed by atoms with van der Waals surface area (Å²) in [5.74, 6) is 3.46. The fourth-order valence-corrected chi connectivity index (χ4v) is 4.12. The lowest BCUT2D eigenvalue weighted by Gasteiger charge is -2.42. The number of hydrogen-bond acceptors (Lipinski definition) is 2. The second-order valence-corrected chi connectivity index (χ2v) is 7.31. The van der Waals surface area contributed by atoms with Gasteiger partial charge in [0.25, 0.3) is 0 Å². The number of methoxy groups -OCH3 is 1. The normalized spacial score (nSPS) is 36.0. The maximum atomic E-state index is 5.23. The molecular weight excluding hydrogens is 258 g/mol. The molecule has 2 aliphatic carbocycles. The lowest BCUT2D eigenvalue weighted by Crippen LogP contribution is -2.49. The van der Waals surface area contributed by atoms with E-state index in [-0.39, 0.29) is 0 Å². The van der Waals surface area contributed by atoms with Crippen LogP contribution >= 0.6 is 0 Å². The molecule has 0 heterocycles. The predicted molar refractivity (Wildman–Crippen MR) is 87.9 cm³/mol. The van der Waals surface area contributed by atoms with E-state index < -0.39 is 0 Å². The summed E-state index contributed by atoms with van der Waals surface area (Å²) in [6.07, 6.45) is 6.76. The highest BCUT2D eigenvalue weighted by molar-refractivity contribution is 5.31. The molecule has 1 N–H and O–H groups in total. The van der Waals surface area contributed by atoms with E-state index in [1.54, 1.807) is 7.11 Å². The van der Waals surface area contributed by atoms with Crippen molar-refractivity contribution >= 4 is 0 Å². The number of nitrogens with one attached hydrogen (secondary N) is 1. The van der Waals surface area contributed by atoms with Gasteiger partial charge in [-0.25, -0.2) is 0 Å². The number of rotatable bonds is 4. The van der Waals surface area contributed by atoms with Crippen LogP contribution in [0.2, 0.25) is 0 Å². The molecule has 0 aliphatic heterocycles. The maximum absolute atomic E-state index is 5.23. The van der Waals surface area contributed by atoms with E-state index in [9.17, 15) is 0 Å². The first-order chi connectivity index (χ1) is 10.2. The Morgan fingerprint density at radius 1 is 1.00 bits per heavy atom. The predicted octanol–water partition coefficient (Wildman–Crippen LogP) is 4.36. The van der Waals surface area contributed by atoms with Gasteiger partial charge >= 0.3 is 0 Å². The Balaban J connectivity index is 1.47. The zero-order valence-corrected chi connectivity index (χ0v) is 13.6. The molecule has 2 nitrogen and oxygen atoms in total. The van der Waals surface area contributed by atoms with E-state index in [1.807, 2.05) is 0 Å². The quantitative estimate of drug-likeness (QED) is 0.888. The summed E-state index contributed by atoms with van der Waals surface area (Å²) in [7, 11) is 1.73. The van der Waals surface area contributed by atoms with Gasteiger partial charge in [0.15, 0.2) is 0 Å². The average Bonchev–Trinajstić information content (AvgIpc) is 2.44. The standard InChI is InChI=1S/C19H29NO/c1-13-4-9-19(14(2)10-13)20-17-11-16(12-17)15-5-7-18(21-3)8-6-15/h5-8,13-14,16-17,19-20H,4,9-12H2,1-3H3. The van der Waals surface area contributed by atoms with Gasteiger partial charge < -0.3 is 10.1 Å². The van der Waals surface area contributed by atoms with Gasteiger partial charge in [-0.05, 0) is 67.6 Å². The fourth-order valence-electron chi connectivity index (χ4n) is 4.12. The largest absolute Gasteiger partial charge is 0.497 e. The zero-order valence-electron chi connectivity index (χ0n) is 13.6. The van der Waals surface area contributed by atoms with Crippen LogP contribution in [0, 0.1) is 11.8 Å². The van der Waals surface area contributed by atoms with Crippen molar-refractivity contribution < 1.29 is 4.74 Å². The SMILES string of the molecule is COc1ccc(C2CC(NC3CCC(C)CC3C)C2)cc1. The van der Waals surface area contributed by atoms with Crippen molar-refractivity contribution in [3.05, 3.63) is 29.8 Å². The summed E-state index contributed by atoms with van der Waals surface area (Å²) in [5, 5.41) is 3.92. The summed E-state index contributed by atoms with van der Waals surface area (Å²) in [6, 6.07) is 10.1. The molecular formula is C19H29NO. The van der Waals surface area contributed by atoms with Crippen LogP contribution in [0.3, 0.4) is 0 Å². The smallest absolute Gasteiger partial charge is 0.118 e. The highest BCUT2D eigenvalue weighted by Gasteiger charge is 2.34. The van der Waals surface area contributed by atoms with Gasteiger partial charge in [-0.2, -0.15) is 0 Å². The van der Waals surface area contributed by atoms with Crippen molar-refractivity contribution in [2.45, 2.75) is 64.0 Å². The second-order valence-electron chi connectivity index (χ2n) is 7.31. The van der Waals surface area contributed by atoms with Crippen molar-refractivity contribution in [2.24, 2.45) is 11.8 Å². The molecule has 1 aromatic carbocycles. The van der Waals surface area contributed by atoms with Crippen molar-refractivity contribution in [3.63, 3.8) is 0 Å². The van der Waals surface area contributed by atoms with Crippen LogP contribution < -0.4 is 10.1 Å². The van der Waals surface area contributed by atoms with Crippen molar-refractivity contribution in [1.29, 1.82) is 0 Å². The third-order valence-electron chi connectivity index (χ3n) is 5.61. The Bertz CT molecular complexity index is 449. The Hall–Kier alpha value is -1.02. The Labute approximate surface area is 129 Å². The molecule has 1 aromatic rings. The van der Waals surface area contributed by atoms with Gasteiger partial charge in [-0.15, -0.1) is 0 Å². The lowest BCUT2D eigenvalue weighted by atomic mass is 9.73. The Morgan fingerprint density at radius 3 is 2.33 bits per heavy atom. The summed E-state index contributed by atoms with van der Waals surface area (Å²) in [5.41, 5.74) is 1.47. The monoisotopic (exact) mass is 287 g/mol. The maximum Gasteiger partial charge on any atom is 0.118 e. The van der Waals surface area contributed by atoms with Gasteiger partial charge in [0.2, 0.25) is 0 Å². The third kappa shape index (κ3) is 3.42. The van der Waals surface area contributed by atoms with E-state index in [1.165, 1.54) is 37.7 Å². The molecule has 3 unspecified atom stereocenters. The fraction of sp³-hybridized carbons (Fsp3) is 0.684. The van der Waals surface area contributed by atoms with Gasteiger partial charge in [-0.3, -0.25) is 0 Å². The highest BCUT2D eigenvalue weighted by Crippen LogP contribution is 2.39. The van der Waals surface area contributed by atoms with E-state index in [0.717, 1.165) is 35.6 Å². The van der Waals surface area contributed by atoms with Crippen LogP contribution in [0.1, 0.15) is 57.4 Å². The minimum Gasteiger partial charge on any atom is -0.497 e. The van der Waals surface area contributed by atoms with Crippen LogP contribution in [0.5, 0.6) is 5.75 Å². The van der Waals surface area contributed by atoms with Crippen molar-refractivity contribution in [1.82, 2.24) is 5.32 Å². The third-order valence-corrected chi connectivity index (χ3v) is 5.61. The van der Waals surface area contributed by atoms with Crippen LogP contribution in [0.4, 0.5) is 0 Å². The second kappa shape index (κ2) is 6.39. The van der Waals surface area contributed by atoms with Gasteiger partial charge in [0, 0.05) is 12.1 Å². The number of hydrogen-bond donors (Lipinski definition) is 1. The van der Waals surface area contributed by atoms with E-state index in [0.29, 0.717) is 0 Å². The first-order valence-electron chi connectivity index (χ1n) is 8.55. The van der Waals surface area contributed by atoms with E-state index in [4.69, 9.17) is 4.74 Å². The average molecular weight is 287 g/mol. The molecule has 0 amide bonds. The van der Waals surface area contributed by atoms with Crippen LogP contribution in [0.15, 0.2) is 24.3 Å². The molecule has 0 aromatic heterocycles. The van der Waals surface area contributed by atoms with E-state index >= 15 is 0 Å². The molecule has 0 radical (unpaired) electrons. The van der Waals surface area contributed by atoms with Gasteiger partial charge in [-0.1, -0.05) is 26.0 Å². The van der Waals surface area contributed by atoms with Crippen molar-refractivity contribution in [2.75, 3.05) is 7.11 Å². The molecule has 0 bridgehead atoms. The minimum absolute atomic E-state index is 0.734. The van der Waals surface area contributed by atoms with Crippen LogP contribution in [-0.4, -0.2) is 19.2 Å². The summed E-state index contributed by atoms with van der Waals surface area (Å²) >= 11 is 0. The zero-order chi connectivity index (χ0) is 14.8. The molecule has 2 heteroatoms. The topological polar surface area (TPSA) is 21.3 Å². The van der Waals surface area contributed by atoms with Gasteiger partial charge in [0.05, 0.1) is 7.11 Å². The molecule has 0 saturated heterocycles. The Kier molecular flexibility index (Phi) is 4.54. The summed E-state index contributed by atoms with van der Waals surface area (Å²) < 4.78 is 5.23. The first-order valence-corrected chi connectivity index (χ1v) is 8.55. The number of ether oxygens (including phenoxy) is 1. The molecule has 0 spiro atoms. The minimum atomic E-state index is 0.734. The molecule has 3 rings (SSSR count). The van der Waals surface area contributed by atoms with Crippen LogP contribution in [0.25, 0.3) is 0 Å². The van der Waals surface area contributed by atoms with Crippen LogP contribution in [-0.2, 0) is 0 Å². The molecule has 2 saturated carbocycles. The molecule has 3 atom stereocenters. The summed E-state index contributed by atoms with van der Waals surface area (Å²) in [4.78, 5) is 0. The molecule has 2 fully saturated rings. The molecule has 116 valence electrons. The highest BCUT2D eigenvalue weighted by atomic mass is 16.5.